The molecule has 1 nitrogen and oxygen atoms in total. The van der Waals surface area contributed by atoms with Gasteiger partial charge in [-0.25, -0.2) is 0 Å². The lowest BCUT2D eigenvalue weighted by atomic mass is 9.62. The highest BCUT2D eigenvalue weighted by atomic mass is 15.1. The van der Waals surface area contributed by atoms with E-state index >= 15 is 0 Å². The van der Waals surface area contributed by atoms with Gasteiger partial charge in [-0.15, -0.1) is 0 Å². The zero-order chi connectivity index (χ0) is 30.9. The van der Waals surface area contributed by atoms with Crippen molar-refractivity contribution in [3.05, 3.63) is 209 Å². The van der Waals surface area contributed by atoms with E-state index in [1.165, 1.54) is 49.4 Å². The first-order valence-corrected chi connectivity index (χ1v) is 16.1. The first kappa shape index (κ1) is 27.9. The van der Waals surface area contributed by atoms with Crippen LogP contribution in [0.15, 0.2) is 188 Å². The fraction of sp³-hybridized carbons (Fsp3) is 0.0667. The van der Waals surface area contributed by atoms with Crippen LogP contribution in [0.1, 0.15) is 24.5 Å². The van der Waals surface area contributed by atoms with E-state index < -0.39 is 0 Å². The molecule has 8 rings (SSSR count). The van der Waals surface area contributed by atoms with Crippen molar-refractivity contribution >= 4 is 28.2 Å². The minimum atomic E-state index is -0.150. The molecule has 6 aromatic carbocycles. The summed E-state index contributed by atoms with van der Waals surface area (Å²) in [5, 5.41) is 2.61. The summed E-state index contributed by atoms with van der Waals surface area (Å²) >= 11 is 0. The zero-order valence-electron chi connectivity index (χ0n) is 26.0. The number of hydrogen-bond acceptors (Lipinski definition) is 1. The summed E-state index contributed by atoms with van der Waals surface area (Å²) in [5.74, 6) is 0. The summed E-state index contributed by atoms with van der Waals surface area (Å²) in [5.41, 5.74) is 12.4. The Kier molecular flexibility index (Phi) is 7.08. The molecule has 0 aromatic heterocycles. The average molecular weight is 590 g/mol. The summed E-state index contributed by atoms with van der Waals surface area (Å²) in [4.78, 5) is 2.31. The second-order valence-electron chi connectivity index (χ2n) is 12.3. The SMILES string of the molecule is CC12CC=CC=C1C(c1ccccc1)=c1ccc(-c3ccc(N(c4ccccc4)c4ccccc4)cc3)cc1=C2c1ccccc1. The van der Waals surface area contributed by atoms with Crippen molar-refractivity contribution in [3.8, 4) is 11.1 Å². The van der Waals surface area contributed by atoms with Crippen LogP contribution in [0.4, 0.5) is 17.1 Å². The highest BCUT2D eigenvalue weighted by Crippen LogP contribution is 2.50. The molecule has 0 aliphatic heterocycles. The van der Waals surface area contributed by atoms with E-state index in [0.717, 1.165) is 23.5 Å². The van der Waals surface area contributed by atoms with E-state index in [0.29, 0.717) is 0 Å². The quantitative estimate of drug-likeness (QED) is 0.187. The van der Waals surface area contributed by atoms with Crippen molar-refractivity contribution < 1.29 is 0 Å². The smallest absolute Gasteiger partial charge is 0.0462 e. The Morgan fingerprint density at radius 3 is 1.61 bits per heavy atom. The molecule has 0 saturated carbocycles. The van der Waals surface area contributed by atoms with Gasteiger partial charge in [0.2, 0.25) is 0 Å². The van der Waals surface area contributed by atoms with Crippen LogP contribution < -0.4 is 15.3 Å². The molecule has 0 fully saturated rings. The lowest BCUT2D eigenvalue weighted by Gasteiger charge is -2.40. The summed E-state index contributed by atoms with van der Waals surface area (Å²) in [6.07, 6.45) is 7.87. The van der Waals surface area contributed by atoms with Gasteiger partial charge in [-0.05, 0) is 98.3 Å². The zero-order valence-corrected chi connectivity index (χ0v) is 26.0. The largest absolute Gasteiger partial charge is 0.311 e. The van der Waals surface area contributed by atoms with Gasteiger partial charge in [0.05, 0.1) is 0 Å². The third-order valence-corrected chi connectivity index (χ3v) is 9.51. The minimum Gasteiger partial charge on any atom is -0.311 e. The van der Waals surface area contributed by atoms with Crippen molar-refractivity contribution in [1.82, 2.24) is 0 Å². The molecule has 1 heteroatoms. The Bertz CT molecular complexity index is 2160. The second-order valence-corrected chi connectivity index (χ2v) is 12.3. The van der Waals surface area contributed by atoms with Gasteiger partial charge in [0.15, 0.2) is 0 Å². The fourth-order valence-corrected chi connectivity index (χ4v) is 7.35. The number of benzene rings is 6. The van der Waals surface area contributed by atoms with Gasteiger partial charge in [0, 0.05) is 22.5 Å². The van der Waals surface area contributed by atoms with Crippen molar-refractivity contribution in [2.45, 2.75) is 13.3 Å². The molecule has 0 heterocycles. The number of hydrogen-bond donors (Lipinski definition) is 0. The molecule has 220 valence electrons. The Morgan fingerprint density at radius 2 is 1.00 bits per heavy atom. The van der Waals surface area contributed by atoms with Gasteiger partial charge in [-0.3, -0.25) is 0 Å². The van der Waals surface area contributed by atoms with Crippen LogP contribution in [0.5, 0.6) is 0 Å². The Hall–Kier alpha value is -5.66. The van der Waals surface area contributed by atoms with Crippen LogP contribution in [-0.2, 0) is 0 Å². The molecule has 2 aliphatic rings. The molecule has 1 atom stereocenters. The first-order chi connectivity index (χ1) is 22.7. The highest BCUT2D eigenvalue weighted by Gasteiger charge is 2.39. The Labute approximate surface area is 271 Å². The highest BCUT2D eigenvalue weighted by molar-refractivity contribution is 5.91. The summed E-state index contributed by atoms with van der Waals surface area (Å²) in [7, 11) is 0. The molecule has 0 saturated heterocycles. The van der Waals surface area contributed by atoms with Crippen LogP contribution in [0.3, 0.4) is 0 Å². The number of rotatable bonds is 6. The summed E-state index contributed by atoms with van der Waals surface area (Å²) < 4.78 is 0. The van der Waals surface area contributed by atoms with E-state index in [1.807, 2.05) is 0 Å². The van der Waals surface area contributed by atoms with Gasteiger partial charge in [0.25, 0.3) is 0 Å². The number of fused-ring (bicyclic) bond motifs is 2. The summed E-state index contributed by atoms with van der Waals surface area (Å²) in [6, 6.07) is 59.2. The molecular weight excluding hydrogens is 555 g/mol. The van der Waals surface area contributed by atoms with Gasteiger partial charge in [-0.1, -0.05) is 146 Å². The van der Waals surface area contributed by atoms with Gasteiger partial charge in [0.1, 0.15) is 0 Å². The molecule has 46 heavy (non-hydrogen) atoms. The fourth-order valence-electron chi connectivity index (χ4n) is 7.35. The average Bonchev–Trinajstić information content (AvgIpc) is 3.12. The maximum atomic E-state index is 2.43. The van der Waals surface area contributed by atoms with Crippen LogP contribution >= 0.6 is 0 Å². The van der Waals surface area contributed by atoms with Crippen LogP contribution in [-0.4, -0.2) is 0 Å². The van der Waals surface area contributed by atoms with Gasteiger partial charge < -0.3 is 4.90 Å². The van der Waals surface area contributed by atoms with Crippen LogP contribution in [0.2, 0.25) is 0 Å². The van der Waals surface area contributed by atoms with Crippen LogP contribution in [0, 0.1) is 5.41 Å². The predicted octanol–water partition coefficient (Wildman–Crippen LogP) is 10.1. The number of nitrogens with zero attached hydrogens (tertiary/aromatic N) is 1. The van der Waals surface area contributed by atoms with Gasteiger partial charge in [-0.2, -0.15) is 0 Å². The van der Waals surface area contributed by atoms with Crippen molar-refractivity contribution in [1.29, 1.82) is 0 Å². The number of para-hydroxylation sites is 2. The molecule has 0 N–H and O–H groups in total. The topological polar surface area (TPSA) is 3.24 Å². The minimum absolute atomic E-state index is 0.150. The second kappa shape index (κ2) is 11.7. The van der Waals surface area contributed by atoms with E-state index in [4.69, 9.17) is 0 Å². The first-order valence-electron chi connectivity index (χ1n) is 16.1. The Morgan fingerprint density at radius 1 is 0.478 bits per heavy atom. The summed E-state index contributed by atoms with van der Waals surface area (Å²) in [6.45, 7) is 2.43. The van der Waals surface area contributed by atoms with Crippen molar-refractivity contribution in [2.75, 3.05) is 4.90 Å². The van der Waals surface area contributed by atoms with Gasteiger partial charge >= 0.3 is 0 Å². The third kappa shape index (κ3) is 4.82. The van der Waals surface area contributed by atoms with Crippen molar-refractivity contribution in [2.24, 2.45) is 5.41 Å². The normalized spacial score (nSPS) is 16.8. The molecule has 0 spiro atoms. The monoisotopic (exact) mass is 589 g/mol. The van der Waals surface area contributed by atoms with Crippen molar-refractivity contribution in [3.63, 3.8) is 0 Å². The molecular formula is C45H35N. The van der Waals surface area contributed by atoms with E-state index in [2.05, 4.69) is 194 Å². The maximum Gasteiger partial charge on any atom is 0.0462 e. The lowest BCUT2D eigenvalue weighted by molar-refractivity contribution is 0.547. The predicted molar refractivity (Wildman–Crippen MR) is 194 cm³/mol. The standard InChI is InChI=1S/C45H35N/c1-45-31-15-14-24-42(45)43(34-16-6-2-7-17-34)40-30-27-36(32-41(40)44(45)35-18-8-3-9-19-35)33-25-28-39(29-26-33)46(37-20-10-4-11-21-37)38-22-12-5-13-23-38/h2-30,32H,31H2,1H3. The molecule has 0 bridgehead atoms. The number of allylic oxidation sites excluding steroid dienone is 4. The third-order valence-electron chi connectivity index (χ3n) is 9.51. The molecule has 2 aliphatic carbocycles. The molecule has 0 radical (unpaired) electrons. The number of anilines is 3. The molecule has 6 aromatic rings. The van der Waals surface area contributed by atoms with E-state index in [-0.39, 0.29) is 5.41 Å². The lowest BCUT2D eigenvalue weighted by Crippen LogP contribution is -2.42. The molecule has 1 unspecified atom stereocenters. The molecule has 0 amide bonds. The maximum absolute atomic E-state index is 2.43. The van der Waals surface area contributed by atoms with E-state index in [1.54, 1.807) is 0 Å². The Balaban J connectivity index is 1.33. The van der Waals surface area contributed by atoms with Crippen LogP contribution in [0.25, 0.3) is 22.3 Å². The van der Waals surface area contributed by atoms with E-state index in [9.17, 15) is 0 Å².